The summed E-state index contributed by atoms with van der Waals surface area (Å²) in [5.74, 6) is 1.29. The number of hydrogen-bond donors (Lipinski definition) is 4. The van der Waals surface area contributed by atoms with Crippen LogP contribution in [0.3, 0.4) is 0 Å². The number of anilines is 1. The second kappa shape index (κ2) is 12.1. The number of thioether (sulfide) groups is 1. The van der Waals surface area contributed by atoms with E-state index in [0.29, 0.717) is 39.7 Å². The third-order valence-corrected chi connectivity index (χ3v) is 6.34. The number of aliphatic hydroxyl groups excluding tert-OH is 1. The van der Waals surface area contributed by atoms with Crippen molar-refractivity contribution in [3.05, 3.63) is 58.0 Å². The smallest absolute Gasteiger partial charge is 0.469 e. The number of methoxy groups -OCH3 is 1. The van der Waals surface area contributed by atoms with Crippen molar-refractivity contribution < 1.29 is 33.5 Å². The summed E-state index contributed by atoms with van der Waals surface area (Å²) >= 11 is 1.02. The summed E-state index contributed by atoms with van der Waals surface area (Å²) in [5.41, 5.74) is 6.42. The lowest BCUT2D eigenvalue weighted by Gasteiger charge is -2.24. The molecular weight excluding hydrogens is 471 g/mol. The second-order valence-corrected chi connectivity index (χ2v) is 9.30. The fraction of sp³-hybridized carbons (Fsp3) is 0.350. The van der Waals surface area contributed by atoms with Crippen molar-refractivity contribution in [3.8, 4) is 5.75 Å². The monoisotopic (exact) mass is 498 g/mol. The highest BCUT2D eigenvalue weighted by molar-refractivity contribution is 8.03. The molecule has 13 heteroatoms. The zero-order valence-electron chi connectivity index (χ0n) is 18.4. The van der Waals surface area contributed by atoms with Gasteiger partial charge in [0, 0.05) is 28.8 Å². The number of aromatic nitrogens is 2. The molecule has 2 rings (SSSR count). The summed E-state index contributed by atoms with van der Waals surface area (Å²) in [7, 11) is -3.17. The minimum atomic E-state index is -4.68. The molecule has 180 valence electrons. The fourth-order valence-electron chi connectivity index (χ4n) is 2.79. The third kappa shape index (κ3) is 8.43. The van der Waals surface area contributed by atoms with Crippen molar-refractivity contribution in [3.63, 3.8) is 0 Å². The van der Waals surface area contributed by atoms with Crippen LogP contribution in [0.2, 0.25) is 0 Å². The van der Waals surface area contributed by atoms with Crippen LogP contribution in [0.4, 0.5) is 5.82 Å². The van der Waals surface area contributed by atoms with Crippen molar-refractivity contribution >= 4 is 31.8 Å². The largest absolute Gasteiger partial charge is 0.497 e. The van der Waals surface area contributed by atoms with Crippen LogP contribution in [0.25, 0.3) is 0 Å². The minimum absolute atomic E-state index is 0.0346. The van der Waals surface area contributed by atoms with E-state index in [1.54, 1.807) is 38.1 Å². The Morgan fingerprint density at radius 1 is 1.39 bits per heavy atom. The summed E-state index contributed by atoms with van der Waals surface area (Å²) in [6.45, 7) is 3.09. The van der Waals surface area contributed by atoms with Crippen molar-refractivity contribution in [2.75, 3.05) is 19.5 Å². The molecule has 1 heterocycles. The number of phosphoric acid groups is 1. The SMILES string of the molecule is COc1cccc(C(O)S/C(CCOP(=O)(O)O)=C(/C)N(C=O)Cc2cnc(C)nc2N)c1. The maximum atomic E-state index is 11.9. The van der Waals surface area contributed by atoms with E-state index in [1.807, 2.05) is 0 Å². The number of amides is 1. The first kappa shape index (κ1) is 26.8. The van der Waals surface area contributed by atoms with Gasteiger partial charge in [0.1, 0.15) is 22.8 Å². The normalized spacial score (nSPS) is 13.3. The van der Waals surface area contributed by atoms with E-state index in [0.717, 1.165) is 11.8 Å². The molecule has 11 nitrogen and oxygen atoms in total. The van der Waals surface area contributed by atoms with Gasteiger partial charge in [-0.15, -0.1) is 0 Å². The highest BCUT2D eigenvalue weighted by atomic mass is 32.2. The van der Waals surface area contributed by atoms with Crippen LogP contribution in [-0.4, -0.2) is 49.9 Å². The Balaban J connectivity index is 2.32. The van der Waals surface area contributed by atoms with Gasteiger partial charge in [0.2, 0.25) is 6.41 Å². The maximum absolute atomic E-state index is 11.9. The Kier molecular flexibility index (Phi) is 9.84. The Morgan fingerprint density at radius 3 is 2.73 bits per heavy atom. The van der Waals surface area contributed by atoms with Crippen molar-refractivity contribution in [2.45, 2.75) is 32.2 Å². The first-order valence-corrected chi connectivity index (χ1v) is 12.1. The number of rotatable bonds is 12. The zero-order chi connectivity index (χ0) is 24.6. The Bertz CT molecular complexity index is 1050. The van der Waals surface area contributed by atoms with Gasteiger partial charge < -0.3 is 30.3 Å². The van der Waals surface area contributed by atoms with E-state index < -0.39 is 13.3 Å². The van der Waals surface area contributed by atoms with Crippen molar-refractivity contribution in [2.24, 2.45) is 0 Å². The van der Waals surface area contributed by atoms with Gasteiger partial charge >= 0.3 is 7.82 Å². The van der Waals surface area contributed by atoms with E-state index >= 15 is 0 Å². The number of hydrogen-bond acceptors (Lipinski definition) is 9. The van der Waals surface area contributed by atoms with E-state index in [1.165, 1.54) is 18.2 Å². The molecule has 33 heavy (non-hydrogen) atoms. The summed E-state index contributed by atoms with van der Waals surface area (Å²) in [4.78, 5) is 39.9. The molecule has 0 aliphatic heterocycles. The minimum Gasteiger partial charge on any atom is -0.497 e. The van der Waals surface area contributed by atoms with Gasteiger partial charge in [-0.25, -0.2) is 14.5 Å². The van der Waals surface area contributed by atoms with Crippen molar-refractivity contribution in [1.82, 2.24) is 14.9 Å². The average molecular weight is 498 g/mol. The molecular formula is C20H27N4O7PS. The fourth-order valence-corrected chi connectivity index (χ4v) is 4.16. The lowest BCUT2D eigenvalue weighted by molar-refractivity contribution is -0.116. The molecule has 0 aliphatic carbocycles. The number of ether oxygens (including phenoxy) is 1. The average Bonchev–Trinajstić information content (AvgIpc) is 2.76. The molecule has 1 aromatic heterocycles. The van der Waals surface area contributed by atoms with E-state index in [9.17, 15) is 14.5 Å². The van der Waals surface area contributed by atoms with Gasteiger partial charge in [-0.2, -0.15) is 0 Å². The van der Waals surface area contributed by atoms with Crippen LogP contribution in [0.1, 0.15) is 35.7 Å². The summed E-state index contributed by atoms with van der Waals surface area (Å²) in [5, 5.41) is 10.8. The van der Waals surface area contributed by atoms with E-state index in [4.69, 9.17) is 20.3 Å². The van der Waals surface area contributed by atoms with Crippen LogP contribution in [-0.2, 0) is 20.4 Å². The molecule has 0 fully saturated rings. The summed E-state index contributed by atoms with van der Waals surface area (Å²) < 4.78 is 20.8. The zero-order valence-corrected chi connectivity index (χ0v) is 20.1. The summed E-state index contributed by atoms with van der Waals surface area (Å²) in [6.07, 6.45) is 2.15. The third-order valence-electron chi connectivity index (χ3n) is 4.54. The van der Waals surface area contributed by atoms with Gasteiger partial charge in [-0.3, -0.25) is 9.32 Å². The first-order valence-electron chi connectivity index (χ1n) is 9.72. The number of phosphoric ester groups is 1. The number of nitrogen functional groups attached to an aromatic ring is 1. The number of benzene rings is 1. The first-order chi connectivity index (χ1) is 15.5. The van der Waals surface area contributed by atoms with Gasteiger partial charge in [-0.1, -0.05) is 23.9 Å². The molecule has 0 spiro atoms. The maximum Gasteiger partial charge on any atom is 0.469 e. The molecule has 0 saturated heterocycles. The van der Waals surface area contributed by atoms with Gasteiger partial charge in [0.25, 0.3) is 0 Å². The lowest BCUT2D eigenvalue weighted by atomic mass is 10.2. The second-order valence-electron chi connectivity index (χ2n) is 6.89. The van der Waals surface area contributed by atoms with Crippen LogP contribution >= 0.6 is 19.6 Å². The van der Waals surface area contributed by atoms with Crippen LogP contribution < -0.4 is 10.5 Å². The van der Waals surface area contributed by atoms with Gasteiger partial charge in [0.15, 0.2) is 0 Å². The van der Waals surface area contributed by atoms with E-state index in [2.05, 4.69) is 14.5 Å². The predicted molar refractivity (Wildman–Crippen MR) is 124 cm³/mol. The van der Waals surface area contributed by atoms with Crippen LogP contribution in [0.15, 0.2) is 41.1 Å². The number of allylic oxidation sites excluding steroid dienone is 1. The van der Waals surface area contributed by atoms with Crippen LogP contribution in [0, 0.1) is 6.92 Å². The van der Waals surface area contributed by atoms with Crippen molar-refractivity contribution in [1.29, 1.82) is 0 Å². The lowest BCUT2D eigenvalue weighted by Crippen LogP contribution is -2.22. The number of carbonyl (C=O) groups excluding carboxylic acids is 1. The van der Waals surface area contributed by atoms with Gasteiger partial charge in [-0.05, 0) is 31.5 Å². The number of nitrogens with zero attached hydrogens (tertiary/aromatic N) is 3. The Labute approximate surface area is 195 Å². The topological polar surface area (TPSA) is 168 Å². The standard InChI is InChI=1S/C20H27N4O7PS/c1-13(24(12-25)11-16-10-22-14(2)23-19(16)21)18(7-8-31-32(27,28)29)33-20(26)15-5-4-6-17(9-15)30-3/h4-6,9-10,12,20,26H,7-8,11H2,1-3H3,(H2,21,22,23)(H2,27,28,29)/b18-13-. The predicted octanol–water partition coefficient (Wildman–Crippen LogP) is 2.49. The number of carbonyl (C=O) groups is 1. The molecule has 5 N–H and O–H groups in total. The number of aliphatic hydroxyl groups is 1. The highest BCUT2D eigenvalue weighted by Gasteiger charge is 2.20. The molecule has 2 aromatic rings. The Hall–Kier alpha value is -2.47. The Morgan fingerprint density at radius 2 is 2.12 bits per heavy atom. The number of nitrogens with two attached hydrogens (primary N) is 1. The molecule has 1 amide bonds. The highest BCUT2D eigenvalue weighted by Crippen LogP contribution is 2.40. The molecule has 1 atom stereocenters. The molecule has 0 saturated carbocycles. The summed E-state index contributed by atoms with van der Waals surface area (Å²) in [6, 6.07) is 6.83. The molecule has 0 bridgehead atoms. The molecule has 1 aromatic carbocycles. The quantitative estimate of drug-likeness (QED) is 0.193. The number of aryl methyl sites for hydroxylation is 1. The van der Waals surface area contributed by atoms with Crippen LogP contribution in [0.5, 0.6) is 5.75 Å². The van der Waals surface area contributed by atoms with Gasteiger partial charge in [0.05, 0.1) is 20.3 Å². The molecule has 0 radical (unpaired) electrons. The molecule has 1 unspecified atom stereocenters. The molecule has 0 aliphatic rings. The van der Waals surface area contributed by atoms with E-state index in [-0.39, 0.29) is 25.4 Å².